The zero-order valence-corrected chi connectivity index (χ0v) is 30.2. The Morgan fingerprint density at radius 3 is 1.91 bits per heavy atom. The number of aromatic nitrogens is 1. The van der Waals surface area contributed by atoms with Gasteiger partial charge in [0, 0.05) is 55.9 Å². The molecule has 1 aliphatic carbocycles. The highest BCUT2D eigenvalue weighted by molar-refractivity contribution is 6.27. The summed E-state index contributed by atoms with van der Waals surface area (Å²) in [5.74, 6) is 0. The lowest BCUT2D eigenvalue weighted by atomic mass is 9.93. The maximum Gasteiger partial charge on any atom is 0.138 e. The summed E-state index contributed by atoms with van der Waals surface area (Å²) in [7, 11) is 0. The predicted molar refractivity (Wildman–Crippen MR) is 231 cm³/mol. The van der Waals surface area contributed by atoms with E-state index in [0.29, 0.717) is 0 Å². The van der Waals surface area contributed by atoms with E-state index < -0.39 is 0 Å². The molecular weight excluding hydrogens is 669 g/mol. The fourth-order valence-corrected chi connectivity index (χ4v) is 8.76. The van der Waals surface area contributed by atoms with Gasteiger partial charge in [-0.15, -0.1) is 0 Å². The largest absolute Gasteiger partial charge is 0.456 e. The van der Waals surface area contributed by atoms with Gasteiger partial charge < -0.3 is 13.9 Å². The first-order valence-corrected chi connectivity index (χ1v) is 19.1. The number of benzene rings is 8. The molecule has 3 nitrogen and oxygen atoms in total. The van der Waals surface area contributed by atoms with Crippen LogP contribution in [0.15, 0.2) is 204 Å². The van der Waals surface area contributed by atoms with Gasteiger partial charge in [0.15, 0.2) is 0 Å². The Labute approximate surface area is 319 Å². The molecule has 2 aromatic heterocycles. The minimum absolute atomic E-state index is 0.888. The molecule has 0 atom stereocenters. The number of fused-ring (bicyclic) bond motifs is 7. The first-order chi connectivity index (χ1) is 27.3. The number of hydrogen-bond donors (Lipinski definition) is 0. The maximum absolute atomic E-state index is 6.65. The van der Waals surface area contributed by atoms with Gasteiger partial charge in [0.05, 0.1) is 11.0 Å². The second-order valence-corrected chi connectivity index (χ2v) is 14.4. The van der Waals surface area contributed by atoms with Crippen LogP contribution in [0.4, 0.5) is 11.4 Å². The van der Waals surface area contributed by atoms with E-state index in [1.807, 2.05) is 0 Å². The average molecular weight is 705 g/mol. The number of anilines is 2. The second kappa shape index (κ2) is 12.8. The Hall–Kier alpha value is -7.10. The number of para-hydroxylation sites is 2. The normalized spacial score (nSPS) is 13.2. The fraction of sp³-hybridized carbons (Fsp3) is 0.0385. The summed E-state index contributed by atoms with van der Waals surface area (Å²) in [5.41, 5.74) is 13.7. The van der Waals surface area contributed by atoms with Gasteiger partial charge in [-0.2, -0.15) is 0 Å². The Kier molecular flexibility index (Phi) is 7.31. The van der Waals surface area contributed by atoms with Gasteiger partial charge in [-0.25, -0.2) is 0 Å². The molecular formula is C52H36N2O. The zero-order chi connectivity index (χ0) is 36.3. The minimum Gasteiger partial charge on any atom is -0.456 e. The number of nitrogens with zero attached hydrogens (tertiary/aromatic N) is 2. The molecule has 11 rings (SSSR count). The van der Waals surface area contributed by atoms with Gasteiger partial charge in [-0.05, 0) is 94.9 Å². The number of allylic oxidation sites excluding steroid dienone is 4. The van der Waals surface area contributed by atoms with Gasteiger partial charge in [0.1, 0.15) is 11.2 Å². The predicted octanol–water partition coefficient (Wildman–Crippen LogP) is 14.4. The van der Waals surface area contributed by atoms with Gasteiger partial charge in [0.25, 0.3) is 0 Å². The summed E-state index contributed by atoms with van der Waals surface area (Å²) in [6.07, 6.45) is 6.54. The molecule has 55 heavy (non-hydrogen) atoms. The Morgan fingerprint density at radius 1 is 0.455 bits per heavy atom. The van der Waals surface area contributed by atoms with Crippen LogP contribution in [-0.2, 0) is 0 Å². The van der Waals surface area contributed by atoms with Crippen molar-refractivity contribution in [2.24, 2.45) is 0 Å². The number of hydrogen-bond acceptors (Lipinski definition) is 2. The summed E-state index contributed by atoms with van der Waals surface area (Å²) < 4.78 is 9.06. The molecule has 0 radical (unpaired) electrons. The quantitative estimate of drug-likeness (QED) is 0.172. The van der Waals surface area contributed by atoms with Crippen LogP contribution < -0.4 is 4.90 Å². The molecule has 0 aliphatic heterocycles. The van der Waals surface area contributed by atoms with E-state index in [9.17, 15) is 0 Å². The van der Waals surface area contributed by atoms with E-state index >= 15 is 0 Å². The second-order valence-electron chi connectivity index (χ2n) is 14.4. The monoisotopic (exact) mass is 704 g/mol. The molecule has 0 saturated carbocycles. The SMILES string of the molecule is C1=C(c2ccccc2)CCC(N(c2ccc3ccccc3c2)c2ccc3c(c2)c2c(-c4ccccc4)c4c(cc2n3-c2ccccc2)oc2ccccc24)=C1. The first-order valence-electron chi connectivity index (χ1n) is 19.1. The molecule has 0 saturated heterocycles. The molecule has 2 heterocycles. The summed E-state index contributed by atoms with van der Waals surface area (Å²) in [5, 5.41) is 7.15. The molecule has 3 heteroatoms. The summed E-state index contributed by atoms with van der Waals surface area (Å²) in [6.45, 7) is 0. The van der Waals surface area contributed by atoms with Crippen LogP contribution in [0, 0.1) is 0 Å². The molecule has 260 valence electrons. The first kappa shape index (κ1) is 31.4. The van der Waals surface area contributed by atoms with Crippen molar-refractivity contribution in [3.05, 3.63) is 205 Å². The van der Waals surface area contributed by atoms with Crippen molar-refractivity contribution in [3.63, 3.8) is 0 Å². The van der Waals surface area contributed by atoms with Gasteiger partial charge in [-0.3, -0.25) is 0 Å². The van der Waals surface area contributed by atoms with Crippen molar-refractivity contribution in [2.45, 2.75) is 12.8 Å². The van der Waals surface area contributed by atoms with E-state index in [0.717, 1.165) is 62.9 Å². The van der Waals surface area contributed by atoms with Crippen LogP contribution >= 0.6 is 0 Å². The third-order valence-electron chi connectivity index (χ3n) is 11.3. The minimum atomic E-state index is 0.888. The van der Waals surface area contributed by atoms with E-state index in [-0.39, 0.29) is 0 Å². The van der Waals surface area contributed by atoms with Crippen LogP contribution in [0.25, 0.3) is 76.9 Å². The summed E-state index contributed by atoms with van der Waals surface area (Å²) >= 11 is 0. The third kappa shape index (κ3) is 5.20. The fourth-order valence-electron chi connectivity index (χ4n) is 8.76. The van der Waals surface area contributed by atoms with Crippen molar-refractivity contribution in [2.75, 3.05) is 4.90 Å². The lowest BCUT2D eigenvalue weighted by molar-refractivity contribution is 0.669. The lowest BCUT2D eigenvalue weighted by Gasteiger charge is -2.30. The van der Waals surface area contributed by atoms with E-state index in [2.05, 4.69) is 204 Å². The maximum atomic E-state index is 6.65. The Balaban J connectivity index is 1.22. The smallest absolute Gasteiger partial charge is 0.138 e. The van der Waals surface area contributed by atoms with E-state index in [1.165, 1.54) is 49.5 Å². The van der Waals surface area contributed by atoms with Crippen LogP contribution in [-0.4, -0.2) is 4.57 Å². The summed E-state index contributed by atoms with van der Waals surface area (Å²) in [6, 6.07) is 65.5. The van der Waals surface area contributed by atoms with Crippen LogP contribution in [0.2, 0.25) is 0 Å². The Morgan fingerprint density at radius 2 is 1.13 bits per heavy atom. The molecule has 0 fully saturated rings. The zero-order valence-electron chi connectivity index (χ0n) is 30.2. The molecule has 0 bridgehead atoms. The van der Waals surface area contributed by atoms with Crippen LogP contribution in [0.3, 0.4) is 0 Å². The van der Waals surface area contributed by atoms with Crippen LogP contribution in [0.5, 0.6) is 0 Å². The number of rotatable bonds is 6. The van der Waals surface area contributed by atoms with Crippen molar-refractivity contribution in [3.8, 4) is 16.8 Å². The molecule has 1 aliphatic rings. The number of furan rings is 1. The van der Waals surface area contributed by atoms with Crippen molar-refractivity contribution < 1.29 is 4.42 Å². The lowest BCUT2D eigenvalue weighted by Crippen LogP contribution is -2.18. The van der Waals surface area contributed by atoms with E-state index in [1.54, 1.807) is 0 Å². The van der Waals surface area contributed by atoms with Gasteiger partial charge in [0.2, 0.25) is 0 Å². The summed E-state index contributed by atoms with van der Waals surface area (Å²) in [4.78, 5) is 2.48. The molecule has 0 amide bonds. The Bertz CT molecular complexity index is 3130. The van der Waals surface area contributed by atoms with Crippen molar-refractivity contribution in [1.29, 1.82) is 0 Å². The highest BCUT2D eigenvalue weighted by Gasteiger charge is 2.25. The van der Waals surface area contributed by atoms with Gasteiger partial charge >= 0.3 is 0 Å². The molecule has 8 aromatic carbocycles. The van der Waals surface area contributed by atoms with Crippen molar-refractivity contribution >= 4 is 71.5 Å². The van der Waals surface area contributed by atoms with Crippen molar-refractivity contribution in [1.82, 2.24) is 4.57 Å². The highest BCUT2D eigenvalue weighted by atomic mass is 16.3. The van der Waals surface area contributed by atoms with Gasteiger partial charge in [-0.1, -0.05) is 133 Å². The third-order valence-corrected chi connectivity index (χ3v) is 11.3. The molecule has 0 unspecified atom stereocenters. The standard InChI is InChI=1S/C52H36N2O/c1-4-14-35(15-5-1)37-24-27-41(28-25-37)53(42-29-26-36-16-10-11-19-39(36)32-42)43-30-31-46-45(33-43)51-47(54(46)40-20-8-3-9-21-40)34-49-52(44-22-12-13-23-48(44)55-49)50(51)38-17-6-2-7-18-38/h1-24,26-27,29-34H,25,28H2. The molecule has 0 spiro atoms. The van der Waals surface area contributed by atoms with E-state index in [4.69, 9.17) is 4.42 Å². The topological polar surface area (TPSA) is 21.3 Å². The average Bonchev–Trinajstić information content (AvgIpc) is 3.79. The highest BCUT2D eigenvalue weighted by Crippen LogP contribution is 2.48. The molecule has 10 aromatic rings. The van der Waals surface area contributed by atoms with Crippen LogP contribution in [0.1, 0.15) is 18.4 Å². The molecule has 0 N–H and O–H groups in total.